The van der Waals surface area contributed by atoms with Gasteiger partial charge in [0.25, 0.3) is 0 Å². The SMILES string of the molecule is CC[C@H](O)C(=O)N[C@@H](C)c1cc(F)cc(Cl)c1COc1cccc2c(-n3cc(F)cn3)cc(C)nc12. The number of carbonyl (C=O) groups is 1. The van der Waals surface area contributed by atoms with Gasteiger partial charge < -0.3 is 15.2 Å². The zero-order valence-corrected chi connectivity index (χ0v) is 20.7. The van der Waals surface area contributed by atoms with E-state index < -0.39 is 29.7 Å². The second-order valence-corrected chi connectivity index (χ2v) is 8.84. The van der Waals surface area contributed by atoms with Crippen LogP contribution >= 0.6 is 11.6 Å². The fraction of sp³-hybridized carbons (Fsp3) is 0.269. The number of aliphatic hydroxyl groups is 1. The van der Waals surface area contributed by atoms with Crippen molar-refractivity contribution in [3.63, 3.8) is 0 Å². The van der Waals surface area contributed by atoms with Gasteiger partial charge >= 0.3 is 0 Å². The van der Waals surface area contributed by atoms with Gasteiger partial charge in [-0.2, -0.15) is 5.10 Å². The highest BCUT2D eigenvalue weighted by Crippen LogP contribution is 2.32. The van der Waals surface area contributed by atoms with Crippen molar-refractivity contribution in [2.24, 2.45) is 0 Å². The smallest absolute Gasteiger partial charge is 0.249 e. The Balaban J connectivity index is 1.68. The van der Waals surface area contributed by atoms with E-state index in [2.05, 4.69) is 15.4 Å². The second kappa shape index (κ2) is 10.6. The van der Waals surface area contributed by atoms with E-state index >= 15 is 0 Å². The first-order chi connectivity index (χ1) is 17.2. The molecule has 0 unspecified atom stereocenters. The van der Waals surface area contributed by atoms with Crippen LogP contribution in [-0.4, -0.2) is 31.9 Å². The van der Waals surface area contributed by atoms with Crippen molar-refractivity contribution >= 4 is 28.4 Å². The van der Waals surface area contributed by atoms with Crippen molar-refractivity contribution in [3.05, 3.63) is 82.3 Å². The summed E-state index contributed by atoms with van der Waals surface area (Å²) in [5.74, 6) is -1.14. The van der Waals surface area contributed by atoms with E-state index in [0.29, 0.717) is 39.2 Å². The van der Waals surface area contributed by atoms with E-state index in [-0.39, 0.29) is 18.1 Å². The number of ether oxygens (including phenoxy) is 1. The van der Waals surface area contributed by atoms with Gasteiger partial charge in [-0.15, -0.1) is 0 Å². The molecule has 2 aromatic heterocycles. The van der Waals surface area contributed by atoms with Crippen molar-refractivity contribution in [1.29, 1.82) is 0 Å². The van der Waals surface area contributed by atoms with E-state index in [1.165, 1.54) is 23.0 Å². The Labute approximate surface area is 211 Å². The molecule has 7 nitrogen and oxygen atoms in total. The number of rotatable bonds is 8. The Morgan fingerprint density at radius 3 is 2.72 bits per heavy atom. The number of pyridine rings is 1. The Morgan fingerprint density at radius 2 is 2.03 bits per heavy atom. The molecule has 0 aliphatic heterocycles. The number of aromatic nitrogens is 3. The number of aliphatic hydroxyl groups excluding tert-OH is 1. The first-order valence-electron chi connectivity index (χ1n) is 11.4. The number of nitrogens with zero attached hydrogens (tertiary/aromatic N) is 3. The molecule has 0 radical (unpaired) electrons. The molecule has 0 bridgehead atoms. The zero-order valence-electron chi connectivity index (χ0n) is 19.9. The average Bonchev–Trinajstić information content (AvgIpc) is 3.28. The molecule has 2 N–H and O–H groups in total. The van der Waals surface area contributed by atoms with Crippen LogP contribution in [-0.2, 0) is 11.4 Å². The highest BCUT2D eigenvalue weighted by molar-refractivity contribution is 6.31. The Bertz CT molecular complexity index is 1430. The van der Waals surface area contributed by atoms with Crippen LogP contribution in [0.5, 0.6) is 5.75 Å². The maximum atomic E-state index is 14.2. The minimum atomic E-state index is -1.17. The Kier molecular flexibility index (Phi) is 7.51. The molecule has 0 aliphatic rings. The number of carbonyl (C=O) groups excluding carboxylic acids is 1. The fourth-order valence-electron chi connectivity index (χ4n) is 3.95. The summed E-state index contributed by atoms with van der Waals surface area (Å²) >= 11 is 6.38. The standard InChI is InChI=1S/C26H25ClF2N4O3/c1-4-23(34)26(35)32-15(3)19-9-16(28)10-21(27)20(19)13-36-24-7-5-6-18-22(8-14(2)31-25(18)24)33-12-17(29)11-30-33/h5-12,15,23,34H,4,13H2,1-3H3,(H,32,35)/t15-,23-/m0/s1. The maximum absolute atomic E-state index is 14.2. The van der Waals surface area contributed by atoms with Crippen LogP contribution in [0, 0.1) is 18.6 Å². The van der Waals surface area contributed by atoms with Crippen LogP contribution in [0.3, 0.4) is 0 Å². The van der Waals surface area contributed by atoms with E-state index in [0.717, 1.165) is 6.20 Å². The molecule has 1 amide bonds. The third-order valence-electron chi connectivity index (χ3n) is 5.79. The van der Waals surface area contributed by atoms with Gasteiger partial charge in [0, 0.05) is 16.6 Å². The van der Waals surface area contributed by atoms with Gasteiger partial charge in [-0.3, -0.25) is 4.79 Å². The summed E-state index contributed by atoms with van der Waals surface area (Å²) in [4.78, 5) is 16.8. The monoisotopic (exact) mass is 514 g/mol. The summed E-state index contributed by atoms with van der Waals surface area (Å²) in [7, 11) is 0. The van der Waals surface area contributed by atoms with E-state index in [4.69, 9.17) is 16.3 Å². The number of halogens is 3. The fourth-order valence-corrected chi connectivity index (χ4v) is 4.22. The number of para-hydroxylation sites is 1. The van der Waals surface area contributed by atoms with E-state index in [1.54, 1.807) is 32.0 Å². The van der Waals surface area contributed by atoms with Crippen LogP contribution in [0.2, 0.25) is 5.02 Å². The summed E-state index contributed by atoms with van der Waals surface area (Å²) in [6.07, 6.45) is 1.48. The van der Waals surface area contributed by atoms with Gasteiger partial charge in [0.1, 0.15) is 29.8 Å². The quantitative estimate of drug-likeness (QED) is 0.338. The molecule has 0 aliphatic carbocycles. The largest absolute Gasteiger partial charge is 0.487 e. The highest BCUT2D eigenvalue weighted by atomic mass is 35.5. The lowest BCUT2D eigenvalue weighted by Crippen LogP contribution is -2.36. The summed E-state index contributed by atoms with van der Waals surface area (Å²) in [6.45, 7) is 5.13. The van der Waals surface area contributed by atoms with Gasteiger partial charge in [0.05, 0.1) is 29.1 Å². The van der Waals surface area contributed by atoms with Crippen LogP contribution in [0.1, 0.15) is 43.1 Å². The summed E-state index contributed by atoms with van der Waals surface area (Å²) in [5.41, 5.74) is 2.76. The summed E-state index contributed by atoms with van der Waals surface area (Å²) in [6, 6.07) is 8.96. The summed E-state index contributed by atoms with van der Waals surface area (Å²) < 4.78 is 35.4. The molecule has 0 spiro atoms. The van der Waals surface area contributed by atoms with Gasteiger partial charge in [-0.05, 0) is 50.1 Å². The molecule has 4 rings (SSSR count). The summed E-state index contributed by atoms with van der Waals surface area (Å²) in [5, 5.41) is 17.4. The topological polar surface area (TPSA) is 89.3 Å². The highest BCUT2D eigenvalue weighted by Gasteiger charge is 2.21. The van der Waals surface area contributed by atoms with Crippen molar-refractivity contribution < 1.29 is 23.4 Å². The molecule has 4 aromatic rings. The second-order valence-electron chi connectivity index (χ2n) is 8.44. The number of benzene rings is 2. The van der Waals surface area contributed by atoms with Gasteiger partial charge in [0.2, 0.25) is 5.91 Å². The molecule has 0 saturated heterocycles. The number of fused-ring (bicyclic) bond motifs is 1. The average molecular weight is 515 g/mol. The van der Waals surface area contributed by atoms with Gasteiger partial charge in [-0.25, -0.2) is 18.4 Å². The number of nitrogens with one attached hydrogen (secondary N) is 1. The van der Waals surface area contributed by atoms with Gasteiger partial charge in [-0.1, -0.05) is 30.7 Å². The van der Waals surface area contributed by atoms with Crippen molar-refractivity contribution in [3.8, 4) is 11.4 Å². The van der Waals surface area contributed by atoms with Crippen LogP contribution in [0.15, 0.2) is 48.8 Å². The van der Waals surface area contributed by atoms with E-state index in [1.807, 2.05) is 13.0 Å². The molecule has 10 heteroatoms. The molecule has 0 saturated carbocycles. The molecule has 2 atom stereocenters. The Morgan fingerprint density at radius 1 is 1.25 bits per heavy atom. The zero-order chi connectivity index (χ0) is 26.0. The third-order valence-corrected chi connectivity index (χ3v) is 6.13. The first-order valence-corrected chi connectivity index (χ1v) is 11.8. The number of hydrogen-bond acceptors (Lipinski definition) is 5. The van der Waals surface area contributed by atoms with Gasteiger partial charge in [0.15, 0.2) is 5.82 Å². The third kappa shape index (κ3) is 5.32. The lowest BCUT2D eigenvalue weighted by molar-refractivity contribution is -0.130. The Hall–Kier alpha value is -3.56. The predicted octanol–water partition coefficient (Wildman–Crippen LogP) is 5.19. The van der Waals surface area contributed by atoms with Crippen molar-refractivity contribution in [1.82, 2.24) is 20.1 Å². The van der Waals surface area contributed by atoms with E-state index in [9.17, 15) is 18.7 Å². The van der Waals surface area contributed by atoms with Crippen LogP contribution in [0.4, 0.5) is 8.78 Å². The predicted molar refractivity (Wildman–Crippen MR) is 132 cm³/mol. The molecule has 0 fully saturated rings. The number of amides is 1. The maximum Gasteiger partial charge on any atom is 0.249 e. The minimum absolute atomic E-state index is 0.0363. The van der Waals surface area contributed by atoms with Crippen molar-refractivity contribution in [2.75, 3.05) is 0 Å². The molecular formula is C26H25ClF2N4O3. The minimum Gasteiger partial charge on any atom is -0.487 e. The lowest BCUT2D eigenvalue weighted by atomic mass is 10.0. The number of hydrogen-bond donors (Lipinski definition) is 2. The molecule has 2 aromatic carbocycles. The van der Waals surface area contributed by atoms with Crippen LogP contribution in [0.25, 0.3) is 16.6 Å². The molecule has 188 valence electrons. The molecule has 36 heavy (non-hydrogen) atoms. The molecular weight excluding hydrogens is 490 g/mol. The lowest BCUT2D eigenvalue weighted by Gasteiger charge is -2.21. The van der Waals surface area contributed by atoms with Crippen LogP contribution < -0.4 is 10.1 Å². The normalized spacial score (nSPS) is 13.0. The van der Waals surface area contributed by atoms with Crippen molar-refractivity contribution in [2.45, 2.75) is 45.9 Å². The molecule has 2 heterocycles. The first kappa shape index (κ1) is 25.5. The number of aryl methyl sites for hydroxylation is 1.